The quantitative estimate of drug-likeness (QED) is 0.356. The van der Waals surface area contributed by atoms with Gasteiger partial charge in [-0.15, -0.1) is 0 Å². The molecule has 0 aromatic heterocycles. The minimum absolute atomic E-state index is 0.103. The Hall–Kier alpha value is -1.63. The number of hydrogen-bond donors (Lipinski definition) is 0. The van der Waals surface area contributed by atoms with Gasteiger partial charge in [-0.3, -0.25) is 0 Å². The summed E-state index contributed by atoms with van der Waals surface area (Å²) in [5.74, 6) is -37.7. The van der Waals surface area contributed by atoms with E-state index in [-0.39, 0.29) is 6.08 Å². The molecule has 142 valence electrons. The molecular formula is C10H6F12O2. The molecule has 0 heterocycles. The molecule has 0 atom stereocenters. The van der Waals surface area contributed by atoms with E-state index in [4.69, 9.17) is 0 Å². The minimum Gasteiger partial charge on any atom is -0.456 e. The SMILES string of the molecule is C=CC(=O)OCC(F)(F)C(F)(F)C(F)(F)C(F)(F)C(F)(F)C(F)F. The van der Waals surface area contributed by atoms with E-state index in [0.717, 1.165) is 0 Å². The maximum atomic E-state index is 13.0. The van der Waals surface area contributed by atoms with Gasteiger partial charge in [0.05, 0.1) is 0 Å². The topological polar surface area (TPSA) is 26.3 Å². The lowest BCUT2D eigenvalue weighted by Gasteiger charge is -2.38. The van der Waals surface area contributed by atoms with Crippen molar-refractivity contribution in [3.05, 3.63) is 12.7 Å². The Kier molecular flexibility index (Phi) is 5.92. The predicted molar refractivity (Wildman–Crippen MR) is 51.9 cm³/mol. The van der Waals surface area contributed by atoms with Crippen molar-refractivity contribution in [2.45, 2.75) is 36.0 Å². The van der Waals surface area contributed by atoms with Gasteiger partial charge in [0.15, 0.2) is 6.61 Å². The van der Waals surface area contributed by atoms with Crippen LogP contribution in [-0.4, -0.2) is 48.6 Å². The normalized spacial score (nSPS) is 14.7. The lowest BCUT2D eigenvalue weighted by Crippen LogP contribution is -2.69. The number of hydrogen-bond acceptors (Lipinski definition) is 2. The van der Waals surface area contributed by atoms with Gasteiger partial charge in [-0.2, -0.15) is 43.9 Å². The summed E-state index contributed by atoms with van der Waals surface area (Å²) in [7, 11) is 0. The van der Waals surface area contributed by atoms with E-state index in [2.05, 4.69) is 11.3 Å². The first kappa shape index (κ1) is 22.4. The van der Waals surface area contributed by atoms with E-state index >= 15 is 0 Å². The Morgan fingerprint density at radius 2 is 1.29 bits per heavy atom. The number of ether oxygens (including phenoxy) is 1. The summed E-state index contributed by atoms with van der Waals surface area (Å²) < 4.78 is 155. The van der Waals surface area contributed by atoms with Crippen molar-refractivity contribution in [3.8, 4) is 0 Å². The molecule has 0 bridgehead atoms. The number of rotatable bonds is 8. The minimum atomic E-state index is -7.63. The number of esters is 1. The van der Waals surface area contributed by atoms with Gasteiger partial charge in [0.2, 0.25) is 0 Å². The zero-order valence-corrected chi connectivity index (χ0v) is 10.9. The highest BCUT2D eigenvalue weighted by atomic mass is 19.4. The fourth-order valence-corrected chi connectivity index (χ4v) is 1.08. The third kappa shape index (κ3) is 3.27. The Labute approximate surface area is 125 Å². The molecule has 0 fully saturated rings. The van der Waals surface area contributed by atoms with Crippen molar-refractivity contribution in [2.24, 2.45) is 0 Å². The Bertz CT molecular complexity index is 484. The summed E-state index contributed by atoms with van der Waals surface area (Å²) in [6, 6.07) is 0. The highest BCUT2D eigenvalue weighted by Gasteiger charge is 2.87. The summed E-state index contributed by atoms with van der Waals surface area (Å²) in [5, 5.41) is 0. The van der Waals surface area contributed by atoms with Gasteiger partial charge in [-0.1, -0.05) is 6.58 Å². The first-order valence-corrected chi connectivity index (χ1v) is 5.36. The van der Waals surface area contributed by atoms with Crippen LogP contribution < -0.4 is 0 Å². The van der Waals surface area contributed by atoms with Crippen molar-refractivity contribution in [3.63, 3.8) is 0 Å². The third-order valence-electron chi connectivity index (χ3n) is 2.50. The van der Waals surface area contributed by atoms with Crippen LogP contribution in [0.3, 0.4) is 0 Å². The van der Waals surface area contributed by atoms with Crippen LogP contribution in [0.5, 0.6) is 0 Å². The average molecular weight is 386 g/mol. The fraction of sp³-hybridized carbons (Fsp3) is 0.700. The van der Waals surface area contributed by atoms with Crippen molar-refractivity contribution in [2.75, 3.05) is 6.61 Å². The van der Waals surface area contributed by atoms with Crippen LogP contribution in [0, 0.1) is 0 Å². The highest BCUT2D eigenvalue weighted by Crippen LogP contribution is 2.58. The van der Waals surface area contributed by atoms with Gasteiger partial charge in [0, 0.05) is 6.08 Å². The first-order valence-electron chi connectivity index (χ1n) is 5.36. The van der Waals surface area contributed by atoms with E-state index < -0.39 is 48.6 Å². The Balaban J connectivity index is 5.88. The fourth-order valence-electron chi connectivity index (χ4n) is 1.08. The summed E-state index contributed by atoms with van der Waals surface area (Å²) in [6.45, 7) is -0.328. The third-order valence-corrected chi connectivity index (χ3v) is 2.50. The molecule has 0 rings (SSSR count). The second kappa shape index (κ2) is 6.35. The molecule has 14 heteroatoms. The van der Waals surface area contributed by atoms with E-state index in [9.17, 15) is 57.5 Å². The smallest absolute Gasteiger partial charge is 0.384 e. The molecule has 0 unspecified atom stereocenters. The summed E-state index contributed by atoms with van der Waals surface area (Å²) in [6.07, 6.45) is -5.47. The van der Waals surface area contributed by atoms with E-state index in [1.165, 1.54) is 0 Å². The molecule has 0 N–H and O–H groups in total. The lowest BCUT2D eigenvalue weighted by atomic mass is 9.94. The van der Waals surface area contributed by atoms with Gasteiger partial charge in [-0.25, -0.2) is 13.6 Å². The molecule has 0 aromatic rings. The predicted octanol–water partition coefficient (Wildman–Crippen LogP) is 4.16. The molecule has 0 aliphatic heterocycles. The summed E-state index contributed by atoms with van der Waals surface area (Å²) >= 11 is 0. The number of carbonyl (C=O) groups is 1. The highest BCUT2D eigenvalue weighted by molar-refractivity contribution is 5.81. The van der Waals surface area contributed by atoms with Crippen molar-refractivity contribution >= 4 is 5.97 Å². The monoisotopic (exact) mass is 386 g/mol. The Morgan fingerprint density at radius 1 is 0.875 bits per heavy atom. The van der Waals surface area contributed by atoms with Crippen LogP contribution in [0.1, 0.15) is 0 Å². The van der Waals surface area contributed by atoms with Crippen LogP contribution in [0.2, 0.25) is 0 Å². The zero-order valence-electron chi connectivity index (χ0n) is 10.9. The molecule has 2 nitrogen and oxygen atoms in total. The van der Waals surface area contributed by atoms with Gasteiger partial charge < -0.3 is 4.74 Å². The van der Waals surface area contributed by atoms with Crippen molar-refractivity contribution < 1.29 is 62.2 Å². The van der Waals surface area contributed by atoms with Gasteiger partial charge in [-0.05, 0) is 0 Å². The standard InChI is InChI=1S/C10H6F12O2/c1-2-4(23)24-3-6(13,14)8(17,18)10(21,22)9(19,20)7(15,16)5(11)12/h2,5H,1,3H2. The first-order chi connectivity index (χ1) is 10.4. The van der Waals surface area contributed by atoms with Gasteiger partial charge >= 0.3 is 42.0 Å². The maximum Gasteiger partial charge on any atom is 0.384 e. The van der Waals surface area contributed by atoms with Crippen LogP contribution in [0.4, 0.5) is 52.7 Å². The van der Waals surface area contributed by atoms with E-state index in [0.29, 0.717) is 0 Å². The zero-order chi connectivity index (χ0) is 19.8. The molecule has 0 aliphatic rings. The second-order valence-corrected chi connectivity index (χ2v) is 4.16. The van der Waals surface area contributed by atoms with Crippen LogP contribution in [0.25, 0.3) is 0 Å². The van der Waals surface area contributed by atoms with Crippen molar-refractivity contribution in [1.29, 1.82) is 0 Å². The summed E-state index contributed by atoms with van der Waals surface area (Å²) in [5.41, 5.74) is 0. The van der Waals surface area contributed by atoms with Crippen LogP contribution in [-0.2, 0) is 9.53 Å². The second-order valence-electron chi connectivity index (χ2n) is 4.16. The largest absolute Gasteiger partial charge is 0.456 e. The number of alkyl halides is 12. The molecule has 0 amide bonds. The molecule has 0 radical (unpaired) electrons. The lowest BCUT2D eigenvalue weighted by molar-refractivity contribution is -0.414. The molecular weight excluding hydrogens is 380 g/mol. The average Bonchev–Trinajstić information content (AvgIpc) is 2.43. The molecule has 0 spiro atoms. The van der Waals surface area contributed by atoms with Crippen LogP contribution in [0.15, 0.2) is 12.7 Å². The number of halogens is 12. The maximum absolute atomic E-state index is 13.0. The molecule has 0 aromatic carbocycles. The van der Waals surface area contributed by atoms with Crippen LogP contribution >= 0.6 is 0 Å². The molecule has 0 aliphatic carbocycles. The molecule has 0 saturated carbocycles. The Morgan fingerprint density at radius 3 is 1.62 bits per heavy atom. The molecule has 24 heavy (non-hydrogen) atoms. The summed E-state index contributed by atoms with van der Waals surface area (Å²) in [4.78, 5) is 10.4. The van der Waals surface area contributed by atoms with Crippen molar-refractivity contribution in [1.82, 2.24) is 0 Å². The van der Waals surface area contributed by atoms with Gasteiger partial charge in [0.25, 0.3) is 0 Å². The van der Waals surface area contributed by atoms with E-state index in [1.807, 2.05) is 0 Å². The van der Waals surface area contributed by atoms with Gasteiger partial charge in [0.1, 0.15) is 0 Å². The number of carbonyl (C=O) groups excluding carboxylic acids is 1. The molecule has 0 saturated heterocycles. The van der Waals surface area contributed by atoms with E-state index in [1.54, 1.807) is 0 Å².